The number of nitrogens with zero attached hydrogens (tertiary/aromatic N) is 3. The number of fused-ring (bicyclic) bond motifs is 4. The van der Waals surface area contributed by atoms with Gasteiger partial charge in [0.1, 0.15) is 30.4 Å². The SMILES string of the molecule is CC1=C[C@@H](O)C[C@@H](F)Cc2nc(co2)C(=O)N2CCC[C@@H]2C(=O)O[C@H]([C@H](C)COC(=O)Nc2cc3ccccc3cn2)[C@H](C)/C=C/C(=O)NCC=C1. The molecule has 3 N–H and O–H groups in total. The van der Waals surface area contributed by atoms with Gasteiger partial charge in [-0.05, 0) is 37.3 Å². The standard InChI is InChI=1S/C38H44FN5O8/c1-23-8-6-14-40-33(46)13-12-24(2)35(25(3)21-51-38(49)43-32-17-26-9-4-5-10-27(26)20-41-32)52-37(48)31-11-7-15-44(31)36(47)30-22-50-34(42-30)19-28(39)18-29(45)16-23/h4-6,8-10,12-13,16-17,20,22,24-25,28-29,31,35,45H,7,11,14-15,18-19,21H2,1-3H3,(H,40,46)(H,41,43,49)/b8-6?,13-12+,23-16?/t24-,25-,28-,29-,31-,35+/m1/s1. The number of alkyl halides is 1. The molecular weight excluding hydrogens is 673 g/mol. The first-order valence-electron chi connectivity index (χ1n) is 17.3. The third kappa shape index (κ3) is 10.3. The summed E-state index contributed by atoms with van der Waals surface area (Å²) in [5.41, 5.74) is 0.595. The Morgan fingerprint density at radius 1 is 1.21 bits per heavy atom. The molecule has 2 bridgehead atoms. The van der Waals surface area contributed by atoms with Gasteiger partial charge in [0.25, 0.3) is 5.91 Å². The van der Waals surface area contributed by atoms with Crippen LogP contribution in [0.5, 0.6) is 0 Å². The summed E-state index contributed by atoms with van der Waals surface area (Å²) < 4.78 is 31.8. The number of rotatable bonds is 4. The molecule has 0 aliphatic carbocycles. The molecule has 13 nitrogen and oxygen atoms in total. The van der Waals surface area contributed by atoms with Gasteiger partial charge in [-0.3, -0.25) is 14.9 Å². The smallest absolute Gasteiger partial charge is 0.412 e. The molecule has 3 aromatic rings. The predicted molar refractivity (Wildman–Crippen MR) is 190 cm³/mol. The van der Waals surface area contributed by atoms with Gasteiger partial charge in [0.2, 0.25) is 5.91 Å². The minimum atomic E-state index is -1.50. The number of benzene rings is 1. The number of aliphatic hydroxyl groups is 1. The van der Waals surface area contributed by atoms with E-state index in [1.165, 1.54) is 17.1 Å². The zero-order valence-electron chi connectivity index (χ0n) is 29.4. The van der Waals surface area contributed by atoms with E-state index < -0.39 is 60.1 Å². The zero-order chi connectivity index (χ0) is 37.2. The number of nitrogens with one attached hydrogen (secondary N) is 2. The number of amides is 3. The number of hydrogen-bond acceptors (Lipinski definition) is 10. The van der Waals surface area contributed by atoms with Crippen molar-refractivity contribution in [2.24, 2.45) is 11.8 Å². The Bertz CT molecular complexity index is 1840. The van der Waals surface area contributed by atoms with Crippen molar-refractivity contribution in [1.82, 2.24) is 20.2 Å². The fourth-order valence-corrected chi connectivity index (χ4v) is 6.23. The van der Waals surface area contributed by atoms with Crippen LogP contribution in [0.1, 0.15) is 56.4 Å². The number of esters is 1. The number of carbonyl (C=O) groups excluding carboxylic acids is 4. The van der Waals surface area contributed by atoms with Crippen molar-refractivity contribution in [3.63, 3.8) is 0 Å². The minimum absolute atomic E-state index is 0.00830. The lowest BCUT2D eigenvalue weighted by Crippen LogP contribution is -2.44. The van der Waals surface area contributed by atoms with E-state index in [1.807, 2.05) is 24.3 Å². The molecule has 52 heavy (non-hydrogen) atoms. The molecule has 1 saturated heterocycles. The quantitative estimate of drug-likeness (QED) is 0.309. The summed E-state index contributed by atoms with van der Waals surface area (Å²) in [5.74, 6) is -2.38. The maximum Gasteiger partial charge on any atom is 0.412 e. The molecule has 5 rings (SSSR count). The summed E-state index contributed by atoms with van der Waals surface area (Å²) in [6, 6.07) is 8.37. The number of pyridine rings is 1. The van der Waals surface area contributed by atoms with E-state index in [0.29, 0.717) is 24.2 Å². The molecule has 2 aromatic heterocycles. The number of halogens is 1. The molecule has 14 heteroatoms. The second-order valence-corrected chi connectivity index (χ2v) is 13.2. The van der Waals surface area contributed by atoms with E-state index in [4.69, 9.17) is 13.9 Å². The molecule has 2 aliphatic rings. The average molecular weight is 718 g/mol. The highest BCUT2D eigenvalue weighted by molar-refractivity contribution is 5.95. The number of oxazole rings is 1. The third-order valence-electron chi connectivity index (χ3n) is 8.90. The van der Waals surface area contributed by atoms with Crippen LogP contribution in [0, 0.1) is 11.8 Å². The van der Waals surface area contributed by atoms with Gasteiger partial charge in [-0.15, -0.1) is 0 Å². The lowest BCUT2D eigenvalue weighted by Gasteiger charge is -2.30. The van der Waals surface area contributed by atoms with Crippen LogP contribution in [0.4, 0.5) is 15.0 Å². The summed E-state index contributed by atoms with van der Waals surface area (Å²) in [7, 11) is 0. The molecule has 6 atom stereocenters. The van der Waals surface area contributed by atoms with Crippen LogP contribution in [-0.2, 0) is 25.5 Å². The molecule has 0 saturated carbocycles. The molecule has 1 fully saturated rings. The highest BCUT2D eigenvalue weighted by atomic mass is 19.1. The molecule has 0 spiro atoms. The summed E-state index contributed by atoms with van der Waals surface area (Å²) in [6.07, 6.45) is 6.82. The van der Waals surface area contributed by atoms with Gasteiger partial charge in [-0.1, -0.05) is 68.0 Å². The first kappa shape index (κ1) is 37.9. The fourth-order valence-electron chi connectivity index (χ4n) is 6.23. The number of aliphatic hydroxyl groups excluding tert-OH is 1. The fraction of sp³-hybridized carbons (Fsp3) is 0.421. The first-order chi connectivity index (χ1) is 25.0. The molecule has 2 aliphatic heterocycles. The van der Waals surface area contributed by atoms with E-state index >= 15 is 0 Å². The second-order valence-electron chi connectivity index (χ2n) is 13.2. The maximum atomic E-state index is 14.8. The van der Waals surface area contributed by atoms with Crippen molar-refractivity contribution in [2.75, 3.05) is 25.0 Å². The molecule has 0 unspecified atom stereocenters. The molecule has 1 aromatic carbocycles. The first-order valence-corrected chi connectivity index (χ1v) is 17.3. The molecule has 276 valence electrons. The summed E-state index contributed by atoms with van der Waals surface area (Å²) >= 11 is 0. The Hall–Kier alpha value is -5.37. The normalized spacial score (nSPS) is 25.0. The van der Waals surface area contributed by atoms with E-state index in [1.54, 1.807) is 51.3 Å². The number of cyclic esters (lactones) is 1. The van der Waals surface area contributed by atoms with Gasteiger partial charge < -0.3 is 29.2 Å². The monoisotopic (exact) mass is 717 g/mol. The summed E-state index contributed by atoms with van der Waals surface area (Å²) in [5, 5.41) is 17.5. The van der Waals surface area contributed by atoms with Crippen LogP contribution in [0.15, 0.2) is 83.2 Å². The van der Waals surface area contributed by atoms with Crippen molar-refractivity contribution < 1.29 is 42.6 Å². The van der Waals surface area contributed by atoms with Gasteiger partial charge in [0.15, 0.2) is 11.6 Å². The van der Waals surface area contributed by atoms with Gasteiger partial charge >= 0.3 is 12.1 Å². The molecule has 3 amide bonds. The van der Waals surface area contributed by atoms with Crippen LogP contribution in [0.2, 0.25) is 0 Å². The number of anilines is 1. The minimum Gasteiger partial charge on any atom is -0.460 e. The van der Waals surface area contributed by atoms with Crippen molar-refractivity contribution >= 4 is 40.5 Å². The maximum absolute atomic E-state index is 14.8. The molecule has 0 radical (unpaired) electrons. The largest absolute Gasteiger partial charge is 0.460 e. The Labute approximate surface area is 301 Å². The van der Waals surface area contributed by atoms with Crippen LogP contribution < -0.4 is 10.6 Å². The van der Waals surface area contributed by atoms with Gasteiger partial charge in [-0.2, -0.15) is 0 Å². The van der Waals surface area contributed by atoms with Gasteiger partial charge in [0, 0.05) is 42.9 Å². The number of ether oxygens (including phenoxy) is 2. The number of hydrogen-bond donors (Lipinski definition) is 3. The van der Waals surface area contributed by atoms with Gasteiger partial charge in [-0.25, -0.2) is 23.9 Å². The Kier molecular flexibility index (Phi) is 12.9. The van der Waals surface area contributed by atoms with Crippen molar-refractivity contribution in [2.45, 2.75) is 70.9 Å². The summed E-state index contributed by atoms with van der Waals surface area (Å²) in [6.45, 7) is 5.57. The van der Waals surface area contributed by atoms with Crippen molar-refractivity contribution in [3.05, 3.63) is 90.3 Å². The lowest BCUT2D eigenvalue weighted by atomic mass is 9.93. The molecule has 4 heterocycles. The van der Waals surface area contributed by atoms with Crippen LogP contribution in [0.3, 0.4) is 0 Å². The summed E-state index contributed by atoms with van der Waals surface area (Å²) in [4.78, 5) is 62.4. The van der Waals surface area contributed by atoms with E-state index in [-0.39, 0.29) is 44.1 Å². The molecular formula is C38H44FN5O8. The van der Waals surface area contributed by atoms with E-state index in [9.17, 15) is 28.7 Å². The van der Waals surface area contributed by atoms with E-state index in [2.05, 4.69) is 20.6 Å². The second kappa shape index (κ2) is 17.7. The third-order valence-corrected chi connectivity index (χ3v) is 8.90. The Morgan fingerprint density at radius 3 is 2.81 bits per heavy atom. The average Bonchev–Trinajstić information content (AvgIpc) is 3.80. The lowest BCUT2D eigenvalue weighted by molar-refractivity contribution is -0.159. The number of allylic oxidation sites excluding steroid dienone is 2. The topological polar surface area (TPSA) is 173 Å². The van der Waals surface area contributed by atoms with Crippen molar-refractivity contribution in [3.8, 4) is 0 Å². The predicted octanol–water partition coefficient (Wildman–Crippen LogP) is 5.08. The highest BCUT2D eigenvalue weighted by Gasteiger charge is 2.39. The number of carbonyl (C=O) groups is 4. The van der Waals surface area contributed by atoms with Crippen LogP contribution in [-0.4, -0.2) is 88.0 Å². The number of aromatic nitrogens is 2. The van der Waals surface area contributed by atoms with Crippen molar-refractivity contribution in [1.29, 1.82) is 0 Å². The zero-order valence-corrected chi connectivity index (χ0v) is 29.4. The van der Waals surface area contributed by atoms with Crippen LogP contribution in [0.25, 0.3) is 10.8 Å². The Morgan fingerprint density at radius 2 is 2.00 bits per heavy atom. The Balaban J connectivity index is 1.32. The van der Waals surface area contributed by atoms with Gasteiger partial charge in [0.05, 0.1) is 19.1 Å². The van der Waals surface area contributed by atoms with Crippen LogP contribution >= 0.6 is 0 Å². The van der Waals surface area contributed by atoms with E-state index in [0.717, 1.165) is 17.0 Å². The highest BCUT2D eigenvalue weighted by Crippen LogP contribution is 2.26.